The monoisotopic (exact) mass is 276 g/mol. The van der Waals surface area contributed by atoms with Gasteiger partial charge in [0.2, 0.25) is 0 Å². The molecule has 0 N–H and O–H groups in total. The molecule has 2 atom stereocenters. The topological polar surface area (TPSA) is 18.5 Å². The van der Waals surface area contributed by atoms with Crippen molar-refractivity contribution in [1.29, 1.82) is 0 Å². The standard InChI is InChI=1S/C9H24O2Si4/c1-14(7-3-5-10-12-14)9-15(2)8-4-6-11-13-15/h3-9,12-13H2,1-2H3. The van der Waals surface area contributed by atoms with Crippen molar-refractivity contribution >= 4 is 33.7 Å². The minimum atomic E-state index is -0.863. The predicted molar refractivity (Wildman–Crippen MR) is 75.9 cm³/mol. The molecule has 2 rings (SSSR count). The van der Waals surface area contributed by atoms with Crippen molar-refractivity contribution in [2.75, 3.05) is 13.2 Å². The van der Waals surface area contributed by atoms with Crippen LogP contribution in [-0.4, -0.2) is 47.0 Å². The summed E-state index contributed by atoms with van der Waals surface area (Å²) in [5.74, 6) is 0. The van der Waals surface area contributed by atoms with Gasteiger partial charge in [0.1, 0.15) is 0 Å². The third-order valence-corrected chi connectivity index (χ3v) is 28.2. The highest BCUT2D eigenvalue weighted by Crippen LogP contribution is 2.30. The molecule has 0 bridgehead atoms. The molecule has 2 heterocycles. The average molecular weight is 277 g/mol. The van der Waals surface area contributed by atoms with Crippen LogP contribution in [0.25, 0.3) is 0 Å². The summed E-state index contributed by atoms with van der Waals surface area (Å²) in [6, 6.07) is 3.16. The Kier molecular flexibility index (Phi) is 4.06. The van der Waals surface area contributed by atoms with Crippen molar-refractivity contribution in [1.82, 2.24) is 0 Å². The van der Waals surface area contributed by atoms with Crippen molar-refractivity contribution in [2.45, 2.75) is 43.7 Å². The lowest BCUT2D eigenvalue weighted by atomic mass is 10.5. The van der Waals surface area contributed by atoms with Gasteiger partial charge in [-0.15, -0.1) is 0 Å². The van der Waals surface area contributed by atoms with E-state index in [2.05, 4.69) is 13.1 Å². The van der Waals surface area contributed by atoms with E-state index in [-0.39, 0.29) is 18.6 Å². The van der Waals surface area contributed by atoms with E-state index in [0.717, 1.165) is 13.2 Å². The quantitative estimate of drug-likeness (QED) is 0.691. The van der Waals surface area contributed by atoms with Crippen molar-refractivity contribution in [3.05, 3.63) is 0 Å². The van der Waals surface area contributed by atoms with Crippen LogP contribution in [0.5, 0.6) is 0 Å². The fourth-order valence-corrected chi connectivity index (χ4v) is 39.8. The lowest BCUT2D eigenvalue weighted by Crippen LogP contribution is -2.55. The van der Waals surface area contributed by atoms with Crippen molar-refractivity contribution < 1.29 is 8.85 Å². The SMILES string of the molecule is C[Si]1(C[Si]2(C)CCCO[SiH2]2)CCCO[SiH2]1. The van der Waals surface area contributed by atoms with E-state index in [1.165, 1.54) is 12.8 Å². The summed E-state index contributed by atoms with van der Waals surface area (Å²) in [7, 11) is -1.96. The lowest BCUT2D eigenvalue weighted by Gasteiger charge is -2.40. The minimum absolute atomic E-state index is 0.116. The molecule has 2 saturated heterocycles. The molecule has 2 unspecified atom stereocenters. The Labute approximate surface area is 99.6 Å². The Morgan fingerprint density at radius 3 is 1.73 bits per heavy atom. The van der Waals surface area contributed by atoms with Gasteiger partial charge in [-0.3, -0.25) is 0 Å². The fraction of sp³-hybridized carbons (Fsp3) is 1.00. The highest BCUT2D eigenvalue weighted by atomic mass is 29.2. The van der Waals surface area contributed by atoms with E-state index in [4.69, 9.17) is 8.85 Å². The van der Waals surface area contributed by atoms with Crippen molar-refractivity contribution in [3.8, 4) is 0 Å². The summed E-state index contributed by atoms with van der Waals surface area (Å²) in [6.45, 7) is 7.45. The Morgan fingerprint density at radius 2 is 1.40 bits per heavy atom. The molecule has 0 aromatic heterocycles. The molecule has 2 aliphatic heterocycles. The van der Waals surface area contributed by atoms with Crippen LogP contribution in [-0.2, 0) is 8.85 Å². The summed E-state index contributed by atoms with van der Waals surface area (Å²) in [4.78, 5) is 0. The second-order valence-electron chi connectivity index (χ2n) is 6.11. The highest BCUT2D eigenvalue weighted by molar-refractivity contribution is 7.34. The molecule has 0 amide bonds. The Balaban J connectivity index is 1.93. The van der Waals surface area contributed by atoms with Gasteiger partial charge in [-0.2, -0.15) is 0 Å². The van der Waals surface area contributed by atoms with Crippen LogP contribution in [0.3, 0.4) is 0 Å². The molecule has 0 aromatic rings. The predicted octanol–water partition coefficient (Wildman–Crippen LogP) is 0.684. The number of hydrogen-bond donors (Lipinski definition) is 0. The number of rotatable bonds is 2. The van der Waals surface area contributed by atoms with Gasteiger partial charge in [0.05, 0.1) is 15.2 Å². The van der Waals surface area contributed by atoms with Crippen LogP contribution in [0.15, 0.2) is 0 Å². The molecule has 0 saturated carbocycles. The van der Waals surface area contributed by atoms with Gasteiger partial charge in [0.25, 0.3) is 0 Å². The molecule has 0 aliphatic carbocycles. The van der Waals surface area contributed by atoms with Gasteiger partial charge in [0.15, 0.2) is 18.6 Å². The third kappa shape index (κ3) is 3.37. The maximum absolute atomic E-state index is 5.87. The molecular formula is C9H24O2Si4. The zero-order chi connectivity index (χ0) is 10.8. The van der Waals surface area contributed by atoms with Crippen LogP contribution in [0.4, 0.5) is 0 Å². The van der Waals surface area contributed by atoms with E-state index >= 15 is 0 Å². The first-order chi connectivity index (χ1) is 7.12. The molecule has 15 heavy (non-hydrogen) atoms. The van der Waals surface area contributed by atoms with E-state index in [1.54, 1.807) is 17.8 Å². The van der Waals surface area contributed by atoms with Gasteiger partial charge in [-0.25, -0.2) is 0 Å². The van der Waals surface area contributed by atoms with Crippen LogP contribution < -0.4 is 0 Å². The molecule has 2 fully saturated rings. The van der Waals surface area contributed by atoms with E-state index in [1.807, 2.05) is 0 Å². The maximum Gasteiger partial charge on any atom is 0.150 e. The summed E-state index contributed by atoms with van der Waals surface area (Å²) in [5.41, 5.74) is 1.67. The second-order valence-corrected chi connectivity index (χ2v) is 29.1. The van der Waals surface area contributed by atoms with Gasteiger partial charge < -0.3 is 8.85 Å². The molecule has 6 heteroatoms. The van der Waals surface area contributed by atoms with E-state index in [0.29, 0.717) is 0 Å². The highest BCUT2D eigenvalue weighted by Gasteiger charge is 2.41. The number of hydrogen-bond acceptors (Lipinski definition) is 2. The van der Waals surface area contributed by atoms with Gasteiger partial charge >= 0.3 is 0 Å². The van der Waals surface area contributed by atoms with Crippen LogP contribution >= 0.6 is 0 Å². The first-order valence-corrected chi connectivity index (χ1v) is 17.9. The Hall–Kier alpha value is 0.788. The van der Waals surface area contributed by atoms with E-state index < -0.39 is 15.2 Å². The molecule has 0 spiro atoms. The van der Waals surface area contributed by atoms with Crippen molar-refractivity contribution in [3.63, 3.8) is 0 Å². The largest absolute Gasteiger partial charge is 0.427 e. The third-order valence-electron chi connectivity index (χ3n) is 3.89. The summed E-state index contributed by atoms with van der Waals surface area (Å²) < 4.78 is 11.7. The van der Waals surface area contributed by atoms with Gasteiger partial charge in [0, 0.05) is 13.2 Å². The molecular weight excluding hydrogens is 252 g/mol. The zero-order valence-electron chi connectivity index (χ0n) is 10.2. The normalized spacial score (nSPS) is 46.0. The smallest absolute Gasteiger partial charge is 0.150 e. The average Bonchev–Trinajstić information content (AvgIpc) is 2.18. The minimum Gasteiger partial charge on any atom is -0.427 e. The Morgan fingerprint density at radius 1 is 0.933 bits per heavy atom. The Bertz CT molecular complexity index is 190. The van der Waals surface area contributed by atoms with Crippen LogP contribution in [0.1, 0.15) is 12.8 Å². The maximum atomic E-state index is 5.87. The molecule has 2 aliphatic rings. The van der Waals surface area contributed by atoms with Crippen LogP contribution in [0.2, 0.25) is 30.8 Å². The van der Waals surface area contributed by atoms with Gasteiger partial charge in [-0.05, 0) is 12.8 Å². The summed E-state index contributed by atoms with van der Waals surface area (Å²) >= 11 is 0. The first kappa shape index (κ1) is 12.2. The molecule has 0 aromatic carbocycles. The first-order valence-electron chi connectivity index (χ1n) is 6.28. The lowest BCUT2D eigenvalue weighted by molar-refractivity contribution is 0.332. The summed E-state index contributed by atoms with van der Waals surface area (Å²) in [5, 5.41) is 0. The summed E-state index contributed by atoms with van der Waals surface area (Å²) in [6.07, 6.45) is 2.73. The second kappa shape index (κ2) is 4.97. The van der Waals surface area contributed by atoms with Crippen molar-refractivity contribution in [2.24, 2.45) is 0 Å². The molecule has 88 valence electrons. The zero-order valence-corrected chi connectivity index (χ0v) is 15.0. The molecule has 0 radical (unpaired) electrons. The molecule has 2 nitrogen and oxygen atoms in total. The fourth-order valence-electron chi connectivity index (χ4n) is 3.29. The van der Waals surface area contributed by atoms with Gasteiger partial charge in [-0.1, -0.05) is 30.8 Å². The van der Waals surface area contributed by atoms with E-state index in [9.17, 15) is 0 Å². The van der Waals surface area contributed by atoms with Crippen LogP contribution in [0, 0.1) is 0 Å².